The third-order valence-electron chi connectivity index (χ3n) is 7.71. The first kappa shape index (κ1) is 37.0. The van der Waals surface area contributed by atoms with Gasteiger partial charge in [0.25, 0.3) is 0 Å². The van der Waals surface area contributed by atoms with E-state index in [1.54, 1.807) is 18.2 Å². The topological polar surface area (TPSA) is 123 Å². The molecule has 1 aromatic heterocycles. The summed E-state index contributed by atoms with van der Waals surface area (Å²) in [7, 11) is 0. The van der Waals surface area contributed by atoms with E-state index in [2.05, 4.69) is 10.6 Å². The van der Waals surface area contributed by atoms with Gasteiger partial charge in [0.05, 0.1) is 17.3 Å². The number of nitrogens with one attached hydrogen (secondary N) is 2. The summed E-state index contributed by atoms with van der Waals surface area (Å²) in [5.41, 5.74) is 3.52. The Kier molecular flexibility index (Phi) is 14.0. The van der Waals surface area contributed by atoms with Gasteiger partial charge in [-0.05, 0) is 74.2 Å². The molecule has 0 saturated heterocycles. The molecule has 3 aromatic carbocycles. The number of carbonyl (C=O) groups is 3. The van der Waals surface area contributed by atoms with Crippen molar-refractivity contribution in [1.82, 2.24) is 20.2 Å². The van der Waals surface area contributed by atoms with Crippen LogP contribution in [0.1, 0.15) is 72.2 Å². The monoisotopic (exact) mass is 702 g/mol. The van der Waals surface area contributed by atoms with Crippen LogP contribution in [-0.2, 0) is 29.1 Å². The maximum Gasteiger partial charge on any atom is 0.335 e. The van der Waals surface area contributed by atoms with Gasteiger partial charge in [-0.15, -0.1) is 11.6 Å². The smallest absolute Gasteiger partial charge is 0.335 e. The highest BCUT2D eigenvalue weighted by atomic mass is 35.5. The maximum absolute atomic E-state index is 13.3. The Bertz CT molecular complexity index is 1770. The van der Waals surface area contributed by atoms with Crippen LogP contribution < -0.4 is 15.4 Å². The Labute approximate surface area is 296 Å². The molecule has 4 rings (SSSR count). The molecule has 1 atom stereocenters. The van der Waals surface area contributed by atoms with Gasteiger partial charge < -0.3 is 25.0 Å². The van der Waals surface area contributed by atoms with Crippen LogP contribution in [0.5, 0.6) is 11.5 Å². The normalized spacial score (nSPS) is 12.3. The van der Waals surface area contributed by atoms with Crippen molar-refractivity contribution in [1.29, 1.82) is 0 Å². The summed E-state index contributed by atoms with van der Waals surface area (Å²) in [6.07, 6.45) is 6.74. The molecule has 1 unspecified atom stereocenters. The largest absolute Gasteiger partial charge is 0.478 e. The molecule has 2 amide bonds. The van der Waals surface area contributed by atoms with Crippen LogP contribution in [0.4, 0.5) is 0 Å². The SMILES string of the molecule is C/C=C(\C(Cl)=C/CCl)c1cn(CC)c(C(Cc2ccc(Oc3ccc(C(=O)O)cc3)cc2)NC(=O)CCCC(=O)NCc2ccccc2)n1. The van der Waals surface area contributed by atoms with Crippen molar-refractivity contribution in [3.05, 3.63) is 130 Å². The molecule has 49 heavy (non-hydrogen) atoms. The third-order valence-corrected chi connectivity index (χ3v) is 8.23. The zero-order valence-corrected chi connectivity index (χ0v) is 29.0. The number of aromatic carboxylic acids is 1. The lowest BCUT2D eigenvalue weighted by Crippen LogP contribution is -2.32. The fraction of sp³-hybridized carbons (Fsp3) is 0.263. The van der Waals surface area contributed by atoms with Crippen molar-refractivity contribution >= 4 is 46.6 Å². The summed E-state index contributed by atoms with van der Waals surface area (Å²) in [5, 5.41) is 15.7. The van der Waals surface area contributed by atoms with Crippen LogP contribution in [0.25, 0.3) is 5.57 Å². The Morgan fingerprint density at radius 1 is 0.939 bits per heavy atom. The molecular weight excluding hydrogens is 663 g/mol. The van der Waals surface area contributed by atoms with Gasteiger partial charge in [0.2, 0.25) is 11.8 Å². The highest BCUT2D eigenvalue weighted by Crippen LogP contribution is 2.29. The third kappa shape index (κ3) is 11.1. The first-order valence-electron chi connectivity index (χ1n) is 16.1. The number of rotatable bonds is 17. The molecule has 1 heterocycles. The lowest BCUT2D eigenvalue weighted by molar-refractivity contribution is -0.123. The zero-order valence-electron chi connectivity index (χ0n) is 27.5. The van der Waals surface area contributed by atoms with Gasteiger partial charge in [0, 0.05) is 48.6 Å². The molecule has 3 N–H and O–H groups in total. The number of hydrogen-bond donors (Lipinski definition) is 3. The van der Waals surface area contributed by atoms with Crippen LogP contribution in [0.15, 0.2) is 102 Å². The summed E-state index contributed by atoms with van der Waals surface area (Å²) in [4.78, 5) is 41.8. The molecule has 11 heteroatoms. The quantitative estimate of drug-likeness (QED) is 0.0756. The molecule has 256 valence electrons. The number of carboxylic acids is 1. The summed E-state index contributed by atoms with van der Waals surface area (Å²) in [6.45, 7) is 4.93. The number of hydrogen-bond acceptors (Lipinski definition) is 5. The Balaban J connectivity index is 1.48. The number of carbonyl (C=O) groups excluding carboxylic acids is 2. The maximum atomic E-state index is 13.3. The molecule has 0 bridgehead atoms. The average molecular weight is 704 g/mol. The minimum absolute atomic E-state index is 0.111. The van der Waals surface area contributed by atoms with Crippen molar-refractivity contribution in [3.8, 4) is 11.5 Å². The highest BCUT2D eigenvalue weighted by Gasteiger charge is 2.23. The molecular formula is C38H40Cl2N4O5. The Hall–Kier alpha value is -4.86. The number of aromatic nitrogens is 2. The van der Waals surface area contributed by atoms with Gasteiger partial charge in [-0.25, -0.2) is 9.78 Å². The first-order valence-corrected chi connectivity index (χ1v) is 17.0. The van der Waals surface area contributed by atoms with E-state index in [1.807, 2.05) is 85.3 Å². The van der Waals surface area contributed by atoms with E-state index in [1.165, 1.54) is 12.1 Å². The molecule has 0 saturated carbocycles. The molecule has 0 spiro atoms. The van der Waals surface area contributed by atoms with Gasteiger partial charge >= 0.3 is 5.97 Å². The van der Waals surface area contributed by atoms with E-state index < -0.39 is 12.0 Å². The fourth-order valence-electron chi connectivity index (χ4n) is 5.18. The molecule has 9 nitrogen and oxygen atoms in total. The Morgan fingerprint density at radius 3 is 2.20 bits per heavy atom. The van der Waals surface area contributed by atoms with E-state index in [9.17, 15) is 14.4 Å². The number of carboxylic acid groups (broad SMARTS) is 1. The number of amides is 2. The van der Waals surface area contributed by atoms with E-state index in [-0.39, 0.29) is 36.1 Å². The van der Waals surface area contributed by atoms with Crippen molar-refractivity contribution in [3.63, 3.8) is 0 Å². The molecule has 4 aromatic rings. The molecule has 0 radical (unpaired) electrons. The molecule has 0 aliphatic heterocycles. The van der Waals surface area contributed by atoms with E-state index in [0.717, 1.165) is 16.7 Å². The van der Waals surface area contributed by atoms with Gasteiger partial charge in [-0.2, -0.15) is 0 Å². The number of alkyl halides is 1. The van der Waals surface area contributed by atoms with Crippen LogP contribution in [0, 0.1) is 0 Å². The van der Waals surface area contributed by atoms with E-state index in [4.69, 9.17) is 38.0 Å². The second-order valence-electron chi connectivity index (χ2n) is 11.2. The molecule has 0 fully saturated rings. The number of imidazole rings is 1. The first-order chi connectivity index (χ1) is 23.7. The van der Waals surface area contributed by atoms with E-state index >= 15 is 0 Å². The number of nitrogens with zero attached hydrogens (tertiary/aromatic N) is 2. The lowest BCUT2D eigenvalue weighted by Gasteiger charge is -2.20. The molecule has 0 aliphatic carbocycles. The summed E-state index contributed by atoms with van der Waals surface area (Å²) >= 11 is 12.4. The minimum Gasteiger partial charge on any atom is -0.478 e. The summed E-state index contributed by atoms with van der Waals surface area (Å²) in [6, 6.07) is 22.8. The predicted molar refractivity (Wildman–Crippen MR) is 193 cm³/mol. The van der Waals surface area contributed by atoms with Gasteiger partial charge in [-0.3, -0.25) is 9.59 Å². The number of ether oxygens (including phenoxy) is 1. The number of aryl methyl sites for hydroxylation is 1. The average Bonchev–Trinajstić information content (AvgIpc) is 3.53. The second-order valence-corrected chi connectivity index (χ2v) is 11.9. The van der Waals surface area contributed by atoms with Gasteiger partial charge in [-0.1, -0.05) is 66.2 Å². The van der Waals surface area contributed by atoms with E-state index in [0.29, 0.717) is 54.0 Å². The van der Waals surface area contributed by atoms with Crippen LogP contribution in [0.3, 0.4) is 0 Å². The van der Waals surface area contributed by atoms with Crippen molar-refractivity contribution < 1.29 is 24.2 Å². The number of benzene rings is 3. The van der Waals surface area contributed by atoms with Gasteiger partial charge in [0.1, 0.15) is 17.3 Å². The van der Waals surface area contributed by atoms with Crippen molar-refractivity contribution in [2.75, 3.05) is 5.88 Å². The molecule has 0 aliphatic rings. The summed E-state index contributed by atoms with van der Waals surface area (Å²) < 4.78 is 7.89. The minimum atomic E-state index is -1.01. The summed E-state index contributed by atoms with van der Waals surface area (Å²) in [5.74, 6) is 0.705. The van der Waals surface area contributed by atoms with Crippen LogP contribution in [0.2, 0.25) is 0 Å². The lowest BCUT2D eigenvalue weighted by atomic mass is 10.0. The zero-order chi connectivity index (χ0) is 35.2. The van der Waals surface area contributed by atoms with Crippen molar-refractivity contribution in [2.45, 2.75) is 58.7 Å². The number of allylic oxidation sites excluding steroid dienone is 4. The standard InChI is InChI=1S/C38H40Cl2N4O5/c1-3-31(32(40)21-22-39)34-25-44(4-2)37(43-34)33(42-36(46)12-8-11-35(45)41-24-27-9-6-5-7-10-27)23-26-13-17-29(18-14-26)49-30-19-15-28(16-20-30)38(47)48/h3,5-7,9-10,13-21,25,33H,4,8,11-12,22-24H2,1-2H3,(H,41,45)(H,42,46)(H,47,48)/b31-3+,32-21+. The van der Waals surface area contributed by atoms with Crippen molar-refractivity contribution in [2.24, 2.45) is 0 Å². The fourth-order valence-corrected chi connectivity index (χ4v) is 5.69. The second kappa shape index (κ2) is 18.6. The number of halogens is 2. The van der Waals surface area contributed by atoms with Gasteiger partial charge in [0.15, 0.2) is 0 Å². The highest BCUT2D eigenvalue weighted by molar-refractivity contribution is 6.37. The Morgan fingerprint density at radius 2 is 1.59 bits per heavy atom. The van der Waals surface area contributed by atoms with Crippen LogP contribution >= 0.6 is 23.2 Å². The predicted octanol–water partition coefficient (Wildman–Crippen LogP) is 8.05. The van der Waals surface area contributed by atoms with Crippen LogP contribution in [-0.4, -0.2) is 38.3 Å².